The minimum atomic E-state index is 0.165. The van der Waals surface area contributed by atoms with E-state index in [9.17, 15) is 0 Å². The molecule has 2 aromatic heterocycles. The van der Waals surface area contributed by atoms with Crippen molar-refractivity contribution in [3.8, 4) is 10.8 Å². The highest BCUT2D eigenvalue weighted by Crippen LogP contribution is 2.35. The monoisotopic (exact) mass is 360 g/mol. The van der Waals surface area contributed by atoms with Crippen LogP contribution in [0.1, 0.15) is 36.0 Å². The van der Waals surface area contributed by atoms with Crippen LogP contribution in [0.5, 0.6) is 0 Å². The van der Waals surface area contributed by atoms with Crippen LogP contribution in [0.25, 0.3) is 10.8 Å². The standard InChI is InChI=1S/C17H17ClN4OS/c1-11-15(24-10-19-11)17-21-20-16(23-17)14-6-3-7-22(14)9-12-4-2-5-13(18)8-12/h2,4-5,8,10,14H,3,6-7,9H2,1H3/t14-/m1/s1. The summed E-state index contributed by atoms with van der Waals surface area (Å²) in [5, 5.41) is 9.29. The van der Waals surface area contributed by atoms with Gasteiger partial charge in [0.1, 0.15) is 4.88 Å². The van der Waals surface area contributed by atoms with Gasteiger partial charge in [-0.05, 0) is 44.0 Å². The van der Waals surface area contributed by atoms with E-state index in [1.165, 1.54) is 16.9 Å². The highest BCUT2D eigenvalue weighted by molar-refractivity contribution is 7.13. The molecule has 0 N–H and O–H groups in total. The van der Waals surface area contributed by atoms with Crippen LogP contribution in [-0.2, 0) is 6.54 Å². The van der Waals surface area contributed by atoms with Crippen molar-refractivity contribution < 1.29 is 4.42 Å². The predicted molar refractivity (Wildman–Crippen MR) is 94.0 cm³/mol. The van der Waals surface area contributed by atoms with E-state index in [0.29, 0.717) is 11.8 Å². The second kappa shape index (κ2) is 6.63. The van der Waals surface area contributed by atoms with E-state index >= 15 is 0 Å². The summed E-state index contributed by atoms with van der Waals surface area (Å²) < 4.78 is 5.96. The Bertz CT molecular complexity index is 846. The highest BCUT2D eigenvalue weighted by atomic mass is 35.5. The number of hydrogen-bond acceptors (Lipinski definition) is 6. The first-order valence-electron chi connectivity index (χ1n) is 7.93. The molecular formula is C17H17ClN4OS. The molecule has 124 valence electrons. The van der Waals surface area contributed by atoms with Crippen LogP contribution in [0.2, 0.25) is 5.02 Å². The van der Waals surface area contributed by atoms with Gasteiger partial charge < -0.3 is 4.42 Å². The molecule has 5 nitrogen and oxygen atoms in total. The van der Waals surface area contributed by atoms with E-state index in [0.717, 1.165) is 41.5 Å². The van der Waals surface area contributed by atoms with E-state index < -0.39 is 0 Å². The topological polar surface area (TPSA) is 55.1 Å². The van der Waals surface area contributed by atoms with Crippen LogP contribution >= 0.6 is 22.9 Å². The predicted octanol–water partition coefficient (Wildman–Crippen LogP) is 4.49. The molecule has 1 aliphatic heterocycles. The number of likely N-dealkylation sites (tertiary alicyclic amines) is 1. The molecule has 7 heteroatoms. The summed E-state index contributed by atoms with van der Waals surface area (Å²) >= 11 is 7.62. The summed E-state index contributed by atoms with van der Waals surface area (Å²) in [6.07, 6.45) is 2.16. The third-order valence-electron chi connectivity index (χ3n) is 4.30. The van der Waals surface area contributed by atoms with Gasteiger partial charge in [0.05, 0.1) is 17.2 Å². The Morgan fingerprint density at radius 1 is 1.38 bits per heavy atom. The third-order valence-corrected chi connectivity index (χ3v) is 5.46. The molecule has 1 atom stereocenters. The van der Waals surface area contributed by atoms with Gasteiger partial charge in [-0.3, -0.25) is 4.90 Å². The van der Waals surface area contributed by atoms with Crippen molar-refractivity contribution in [2.24, 2.45) is 0 Å². The molecule has 0 spiro atoms. The fourth-order valence-corrected chi connectivity index (χ4v) is 4.07. The van der Waals surface area contributed by atoms with Crippen molar-refractivity contribution in [3.63, 3.8) is 0 Å². The van der Waals surface area contributed by atoms with Gasteiger partial charge in [0, 0.05) is 11.6 Å². The largest absolute Gasteiger partial charge is 0.418 e. The Labute approximate surface area is 149 Å². The summed E-state index contributed by atoms with van der Waals surface area (Å²) in [6.45, 7) is 3.81. The minimum Gasteiger partial charge on any atom is -0.418 e. The summed E-state index contributed by atoms with van der Waals surface area (Å²) in [6, 6.07) is 8.16. The zero-order valence-corrected chi connectivity index (χ0v) is 14.8. The number of nitrogens with zero attached hydrogens (tertiary/aromatic N) is 4. The lowest BCUT2D eigenvalue weighted by Gasteiger charge is -2.21. The molecule has 1 aromatic carbocycles. The molecule has 1 saturated heterocycles. The van der Waals surface area contributed by atoms with Gasteiger partial charge in [-0.25, -0.2) is 4.98 Å². The van der Waals surface area contributed by atoms with Crippen molar-refractivity contribution in [2.75, 3.05) is 6.54 Å². The summed E-state index contributed by atoms with van der Waals surface area (Å²) in [4.78, 5) is 7.58. The molecule has 3 heterocycles. The maximum atomic E-state index is 6.09. The van der Waals surface area contributed by atoms with Crippen molar-refractivity contribution in [2.45, 2.75) is 32.4 Å². The summed E-state index contributed by atoms with van der Waals surface area (Å²) in [7, 11) is 0. The molecule has 4 rings (SSSR count). The first-order chi connectivity index (χ1) is 11.7. The van der Waals surface area contributed by atoms with Gasteiger partial charge in [-0.2, -0.15) is 0 Å². The zero-order chi connectivity index (χ0) is 16.5. The summed E-state index contributed by atoms with van der Waals surface area (Å²) in [5.74, 6) is 1.26. The number of aryl methyl sites for hydroxylation is 1. The molecule has 0 aliphatic carbocycles. The second-order valence-electron chi connectivity index (χ2n) is 5.97. The Morgan fingerprint density at radius 2 is 2.29 bits per heavy atom. The molecule has 0 bridgehead atoms. The molecule has 0 saturated carbocycles. The highest BCUT2D eigenvalue weighted by Gasteiger charge is 2.31. The fourth-order valence-electron chi connectivity index (χ4n) is 3.13. The van der Waals surface area contributed by atoms with Crippen molar-refractivity contribution in [1.29, 1.82) is 0 Å². The Balaban J connectivity index is 1.55. The van der Waals surface area contributed by atoms with Crippen molar-refractivity contribution in [3.05, 3.63) is 51.9 Å². The van der Waals surface area contributed by atoms with E-state index in [1.54, 1.807) is 5.51 Å². The summed E-state index contributed by atoms with van der Waals surface area (Å²) in [5.41, 5.74) is 3.93. The lowest BCUT2D eigenvalue weighted by molar-refractivity contribution is 0.215. The smallest absolute Gasteiger partial charge is 0.259 e. The molecular weight excluding hydrogens is 344 g/mol. The molecule has 24 heavy (non-hydrogen) atoms. The normalized spacial score (nSPS) is 18.3. The SMILES string of the molecule is Cc1ncsc1-c1nnc([C@H]2CCCN2Cc2cccc(Cl)c2)o1. The van der Waals surface area contributed by atoms with Gasteiger partial charge in [-0.1, -0.05) is 23.7 Å². The maximum Gasteiger partial charge on any atom is 0.259 e. The lowest BCUT2D eigenvalue weighted by atomic mass is 10.2. The number of rotatable bonds is 4. The quantitative estimate of drug-likeness (QED) is 0.686. The van der Waals surface area contributed by atoms with Crippen molar-refractivity contribution in [1.82, 2.24) is 20.1 Å². The molecule has 0 amide bonds. The minimum absolute atomic E-state index is 0.165. The van der Waals surface area contributed by atoms with Crippen LogP contribution in [-0.4, -0.2) is 26.6 Å². The Kier molecular flexibility index (Phi) is 4.35. The molecule has 0 unspecified atom stereocenters. The number of thiazole rings is 1. The first kappa shape index (κ1) is 15.7. The molecule has 3 aromatic rings. The third kappa shape index (κ3) is 3.09. The Morgan fingerprint density at radius 3 is 3.08 bits per heavy atom. The molecule has 0 radical (unpaired) electrons. The van der Waals surface area contributed by atoms with Crippen LogP contribution < -0.4 is 0 Å². The number of benzene rings is 1. The second-order valence-corrected chi connectivity index (χ2v) is 7.26. The first-order valence-corrected chi connectivity index (χ1v) is 9.19. The van der Waals surface area contributed by atoms with Gasteiger partial charge in [0.25, 0.3) is 5.89 Å². The van der Waals surface area contributed by atoms with Crippen LogP contribution in [0.3, 0.4) is 0 Å². The lowest BCUT2D eigenvalue weighted by Crippen LogP contribution is -2.23. The van der Waals surface area contributed by atoms with Gasteiger partial charge in [0.15, 0.2) is 0 Å². The zero-order valence-electron chi connectivity index (χ0n) is 13.3. The van der Waals surface area contributed by atoms with Gasteiger partial charge >= 0.3 is 0 Å². The van der Waals surface area contributed by atoms with E-state index in [4.69, 9.17) is 16.0 Å². The number of halogens is 1. The molecule has 1 fully saturated rings. The van der Waals surface area contributed by atoms with Crippen LogP contribution in [0.15, 0.2) is 34.2 Å². The van der Waals surface area contributed by atoms with Crippen LogP contribution in [0.4, 0.5) is 0 Å². The van der Waals surface area contributed by atoms with E-state index in [1.807, 2.05) is 25.1 Å². The van der Waals surface area contributed by atoms with Crippen molar-refractivity contribution >= 4 is 22.9 Å². The van der Waals surface area contributed by atoms with Gasteiger partial charge in [0.2, 0.25) is 5.89 Å². The average Bonchev–Trinajstić information content (AvgIpc) is 3.27. The average molecular weight is 361 g/mol. The van der Waals surface area contributed by atoms with Gasteiger partial charge in [-0.15, -0.1) is 21.5 Å². The number of aromatic nitrogens is 3. The van der Waals surface area contributed by atoms with E-state index in [-0.39, 0.29) is 6.04 Å². The van der Waals surface area contributed by atoms with Crippen LogP contribution in [0, 0.1) is 6.92 Å². The maximum absolute atomic E-state index is 6.09. The molecule has 1 aliphatic rings. The number of hydrogen-bond donors (Lipinski definition) is 0. The Hall–Kier alpha value is -1.76. The van der Waals surface area contributed by atoms with E-state index in [2.05, 4.69) is 26.1 Å². The fraction of sp³-hybridized carbons (Fsp3) is 0.353.